The lowest BCUT2D eigenvalue weighted by Gasteiger charge is -2.25. The minimum absolute atomic E-state index is 0.0433. The van der Waals surface area contributed by atoms with E-state index in [1.165, 1.54) is 26.0 Å². The SMILES string of the molecule is COc1cc([C@@H]2S[C@H](C)C(=O)N2CCc2ccccc2)cc(OC)c1OC(F)F. The van der Waals surface area contributed by atoms with E-state index in [1.54, 1.807) is 12.1 Å². The number of thioether (sulfide) groups is 1. The van der Waals surface area contributed by atoms with Gasteiger partial charge in [-0.1, -0.05) is 30.3 Å². The van der Waals surface area contributed by atoms with Gasteiger partial charge in [0.05, 0.1) is 19.5 Å². The number of methoxy groups -OCH3 is 2. The highest BCUT2D eigenvalue weighted by Gasteiger charge is 2.39. The lowest BCUT2D eigenvalue weighted by Crippen LogP contribution is -2.32. The van der Waals surface area contributed by atoms with E-state index in [2.05, 4.69) is 4.74 Å². The third-order valence-electron chi connectivity index (χ3n) is 4.71. The fraction of sp³-hybridized carbons (Fsp3) is 0.381. The van der Waals surface area contributed by atoms with Crippen LogP contribution in [0.1, 0.15) is 23.4 Å². The summed E-state index contributed by atoms with van der Waals surface area (Å²) in [6, 6.07) is 13.2. The van der Waals surface area contributed by atoms with E-state index in [1.807, 2.05) is 42.2 Å². The van der Waals surface area contributed by atoms with Crippen molar-refractivity contribution in [2.24, 2.45) is 0 Å². The molecule has 0 radical (unpaired) electrons. The smallest absolute Gasteiger partial charge is 0.387 e. The minimum atomic E-state index is -3.01. The Morgan fingerprint density at radius 1 is 1.10 bits per heavy atom. The van der Waals surface area contributed by atoms with E-state index in [-0.39, 0.29) is 33.8 Å². The maximum Gasteiger partial charge on any atom is 0.387 e. The van der Waals surface area contributed by atoms with Crippen LogP contribution in [-0.4, -0.2) is 43.4 Å². The third-order valence-corrected chi connectivity index (χ3v) is 6.10. The van der Waals surface area contributed by atoms with Crippen molar-refractivity contribution in [3.05, 3.63) is 53.6 Å². The number of carbonyl (C=O) groups excluding carboxylic acids is 1. The first-order chi connectivity index (χ1) is 13.9. The molecular formula is C21H23F2NO4S. The van der Waals surface area contributed by atoms with Gasteiger partial charge in [-0.05, 0) is 36.6 Å². The highest BCUT2D eigenvalue weighted by Crippen LogP contribution is 2.48. The van der Waals surface area contributed by atoms with Crippen LogP contribution in [0.5, 0.6) is 17.2 Å². The topological polar surface area (TPSA) is 48.0 Å². The van der Waals surface area contributed by atoms with Crippen molar-refractivity contribution in [2.45, 2.75) is 30.6 Å². The van der Waals surface area contributed by atoms with Gasteiger partial charge in [-0.3, -0.25) is 4.79 Å². The summed E-state index contributed by atoms with van der Waals surface area (Å²) < 4.78 is 40.7. The monoisotopic (exact) mass is 423 g/mol. The van der Waals surface area contributed by atoms with Gasteiger partial charge in [0.2, 0.25) is 11.7 Å². The number of nitrogens with zero attached hydrogens (tertiary/aromatic N) is 1. The standard InChI is InChI=1S/C21H23F2NO4S/c1-13-19(25)24(10-9-14-7-5-4-6-8-14)20(29-13)15-11-16(26-2)18(28-21(22)23)17(12-15)27-3/h4-8,11-13,20-21H,9-10H2,1-3H3/t13-,20+/m1/s1. The Morgan fingerprint density at radius 2 is 1.72 bits per heavy atom. The predicted molar refractivity (Wildman–Crippen MR) is 108 cm³/mol. The molecule has 1 aliphatic heterocycles. The van der Waals surface area contributed by atoms with Gasteiger partial charge in [0.1, 0.15) is 5.37 Å². The molecule has 0 bridgehead atoms. The van der Waals surface area contributed by atoms with Crippen LogP contribution in [0, 0.1) is 0 Å². The molecule has 0 N–H and O–H groups in total. The number of halogens is 2. The molecule has 1 saturated heterocycles. The molecule has 1 aliphatic rings. The number of hydrogen-bond donors (Lipinski definition) is 0. The zero-order chi connectivity index (χ0) is 21.0. The summed E-state index contributed by atoms with van der Waals surface area (Å²) in [7, 11) is 2.75. The Labute approximate surface area is 172 Å². The highest BCUT2D eigenvalue weighted by molar-refractivity contribution is 8.01. The molecule has 1 heterocycles. The quantitative estimate of drug-likeness (QED) is 0.625. The van der Waals surface area contributed by atoms with Crippen LogP contribution in [-0.2, 0) is 11.2 Å². The van der Waals surface area contributed by atoms with Crippen LogP contribution in [0.4, 0.5) is 8.78 Å². The summed E-state index contributed by atoms with van der Waals surface area (Å²) >= 11 is 1.50. The Hall–Kier alpha value is -2.48. The molecule has 0 spiro atoms. The van der Waals surface area contributed by atoms with Crippen LogP contribution in [0.2, 0.25) is 0 Å². The van der Waals surface area contributed by atoms with Gasteiger partial charge in [-0.2, -0.15) is 8.78 Å². The van der Waals surface area contributed by atoms with Gasteiger partial charge in [0.25, 0.3) is 0 Å². The first-order valence-corrected chi connectivity index (χ1v) is 10.1. The molecule has 8 heteroatoms. The lowest BCUT2D eigenvalue weighted by molar-refractivity contribution is -0.129. The van der Waals surface area contributed by atoms with Gasteiger partial charge in [-0.25, -0.2) is 0 Å². The van der Waals surface area contributed by atoms with Crippen LogP contribution < -0.4 is 14.2 Å². The molecule has 156 valence electrons. The molecule has 0 aliphatic carbocycles. The first kappa shape index (κ1) is 21.2. The Bertz CT molecular complexity index is 825. The van der Waals surface area contributed by atoms with E-state index in [4.69, 9.17) is 9.47 Å². The van der Waals surface area contributed by atoms with Crippen molar-refractivity contribution in [3.63, 3.8) is 0 Å². The van der Waals surface area contributed by atoms with Crippen LogP contribution in [0.15, 0.2) is 42.5 Å². The average Bonchev–Trinajstić information content (AvgIpc) is 3.01. The second kappa shape index (κ2) is 9.35. The number of carbonyl (C=O) groups is 1. The van der Waals surface area contributed by atoms with Crippen LogP contribution in [0.3, 0.4) is 0 Å². The molecule has 2 atom stereocenters. The van der Waals surface area contributed by atoms with Crippen molar-refractivity contribution < 1.29 is 27.8 Å². The molecule has 2 aromatic carbocycles. The number of alkyl halides is 2. The van der Waals surface area contributed by atoms with E-state index < -0.39 is 6.61 Å². The number of amides is 1. The summed E-state index contributed by atoms with van der Waals surface area (Å²) in [5.41, 5.74) is 1.87. The van der Waals surface area contributed by atoms with E-state index in [9.17, 15) is 13.6 Å². The molecular weight excluding hydrogens is 400 g/mol. The van der Waals surface area contributed by atoms with Gasteiger partial charge in [-0.15, -0.1) is 11.8 Å². The Balaban J connectivity index is 1.90. The zero-order valence-corrected chi connectivity index (χ0v) is 17.2. The summed E-state index contributed by atoms with van der Waals surface area (Å²) in [6.07, 6.45) is 0.719. The number of rotatable bonds is 8. The molecule has 29 heavy (non-hydrogen) atoms. The maximum absolute atomic E-state index is 12.8. The number of benzene rings is 2. The van der Waals surface area contributed by atoms with E-state index in [0.717, 1.165) is 17.5 Å². The molecule has 1 amide bonds. The van der Waals surface area contributed by atoms with Crippen molar-refractivity contribution in [3.8, 4) is 17.2 Å². The van der Waals surface area contributed by atoms with Crippen molar-refractivity contribution in [1.29, 1.82) is 0 Å². The number of hydrogen-bond acceptors (Lipinski definition) is 5. The van der Waals surface area contributed by atoms with Crippen LogP contribution in [0.25, 0.3) is 0 Å². The zero-order valence-electron chi connectivity index (χ0n) is 16.4. The van der Waals surface area contributed by atoms with Crippen molar-refractivity contribution >= 4 is 17.7 Å². The van der Waals surface area contributed by atoms with Gasteiger partial charge in [0.15, 0.2) is 11.5 Å². The van der Waals surface area contributed by atoms with Gasteiger partial charge < -0.3 is 19.1 Å². The molecule has 2 aromatic rings. The lowest BCUT2D eigenvalue weighted by atomic mass is 10.1. The summed E-state index contributed by atoms with van der Waals surface area (Å²) in [5.74, 6) is 0.152. The molecule has 0 unspecified atom stereocenters. The van der Waals surface area contributed by atoms with Gasteiger partial charge in [0, 0.05) is 6.54 Å². The minimum Gasteiger partial charge on any atom is -0.493 e. The highest BCUT2D eigenvalue weighted by atomic mass is 32.2. The summed E-state index contributed by atoms with van der Waals surface area (Å²) in [6.45, 7) is -0.593. The predicted octanol–water partition coefficient (Wildman–Crippen LogP) is 4.51. The first-order valence-electron chi connectivity index (χ1n) is 9.15. The molecule has 5 nitrogen and oxygen atoms in total. The summed E-state index contributed by atoms with van der Waals surface area (Å²) in [4.78, 5) is 14.6. The molecule has 0 saturated carbocycles. The second-order valence-corrected chi connectivity index (χ2v) is 7.96. The normalized spacial score (nSPS) is 19.0. The van der Waals surface area contributed by atoms with Crippen molar-refractivity contribution in [1.82, 2.24) is 4.90 Å². The molecule has 3 rings (SSSR count). The van der Waals surface area contributed by atoms with E-state index in [0.29, 0.717) is 6.54 Å². The average molecular weight is 423 g/mol. The maximum atomic E-state index is 12.8. The number of ether oxygens (including phenoxy) is 3. The second-order valence-electron chi connectivity index (χ2n) is 6.53. The Morgan fingerprint density at radius 3 is 2.28 bits per heavy atom. The summed E-state index contributed by atoms with van der Waals surface area (Å²) in [5, 5.41) is -0.477. The fourth-order valence-corrected chi connectivity index (χ4v) is 4.59. The largest absolute Gasteiger partial charge is 0.493 e. The van der Waals surface area contributed by atoms with E-state index >= 15 is 0 Å². The fourth-order valence-electron chi connectivity index (χ4n) is 3.30. The third kappa shape index (κ3) is 4.75. The Kier molecular flexibility index (Phi) is 6.84. The van der Waals surface area contributed by atoms with Gasteiger partial charge >= 0.3 is 6.61 Å². The molecule has 1 fully saturated rings. The van der Waals surface area contributed by atoms with Crippen molar-refractivity contribution in [2.75, 3.05) is 20.8 Å². The van der Waals surface area contributed by atoms with Crippen LogP contribution >= 0.6 is 11.8 Å². The molecule has 0 aromatic heterocycles.